The van der Waals surface area contributed by atoms with Crippen molar-refractivity contribution >= 4 is 0 Å². The predicted molar refractivity (Wildman–Crippen MR) is 81.6 cm³/mol. The van der Waals surface area contributed by atoms with Crippen molar-refractivity contribution in [1.29, 1.82) is 0 Å². The third-order valence-electron chi connectivity index (χ3n) is 4.48. The summed E-state index contributed by atoms with van der Waals surface area (Å²) < 4.78 is 6.20. The smallest absolute Gasteiger partial charge is 0.0656 e. The summed E-state index contributed by atoms with van der Waals surface area (Å²) in [6.45, 7) is 11.2. The van der Waals surface area contributed by atoms with E-state index in [0.717, 1.165) is 12.8 Å². The van der Waals surface area contributed by atoms with Crippen molar-refractivity contribution in [2.75, 3.05) is 0 Å². The zero-order chi connectivity index (χ0) is 14.1. The second-order valence-corrected chi connectivity index (χ2v) is 7.23. The van der Waals surface area contributed by atoms with E-state index in [2.05, 4.69) is 58.9 Å². The number of ether oxygens (including phenoxy) is 1. The van der Waals surface area contributed by atoms with Crippen molar-refractivity contribution in [3.8, 4) is 0 Å². The van der Waals surface area contributed by atoms with Crippen LogP contribution in [0.2, 0.25) is 0 Å². The van der Waals surface area contributed by atoms with Crippen LogP contribution in [-0.2, 0) is 16.6 Å². The quantitative estimate of drug-likeness (QED) is 0.753. The van der Waals surface area contributed by atoms with Crippen LogP contribution in [0.4, 0.5) is 0 Å². The summed E-state index contributed by atoms with van der Waals surface area (Å²) in [6.07, 6.45) is 4.98. The molecule has 0 amide bonds. The lowest BCUT2D eigenvalue weighted by Gasteiger charge is -2.23. The van der Waals surface area contributed by atoms with Gasteiger partial charge >= 0.3 is 0 Å². The second kappa shape index (κ2) is 5.28. The molecule has 1 fully saturated rings. The number of hydrogen-bond donors (Lipinski definition) is 0. The standard InChI is InChI=1S/C18H28O/c1-6-18(5)12-11-16(19-18)13-14-7-9-15(10-8-14)17(2,3)4/h7-10,16H,6,11-13H2,1-5H3/t16-,18+/m0/s1. The van der Waals surface area contributed by atoms with Gasteiger partial charge in [0.15, 0.2) is 0 Å². The van der Waals surface area contributed by atoms with Gasteiger partial charge < -0.3 is 4.74 Å². The van der Waals surface area contributed by atoms with E-state index in [0.29, 0.717) is 6.10 Å². The summed E-state index contributed by atoms with van der Waals surface area (Å²) in [5.74, 6) is 0. The number of rotatable bonds is 3. The molecule has 1 nitrogen and oxygen atoms in total. The summed E-state index contributed by atoms with van der Waals surface area (Å²) in [5, 5.41) is 0. The summed E-state index contributed by atoms with van der Waals surface area (Å²) in [5.41, 5.74) is 3.17. The highest BCUT2D eigenvalue weighted by Crippen LogP contribution is 2.34. The first-order valence-electron chi connectivity index (χ1n) is 7.60. The lowest BCUT2D eigenvalue weighted by Crippen LogP contribution is -2.24. The molecule has 0 saturated carbocycles. The Balaban J connectivity index is 1.98. The molecule has 1 saturated heterocycles. The first-order valence-corrected chi connectivity index (χ1v) is 7.60. The molecule has 1 aliphatic heterocycles. The summed E-state index contributed by atoms with van der Waals surface area (Å²) in [6, 6.07) is 9.07. The first-order chi connectivity index (χ1) is 8.82. The van der Waals surface area contributed by atoms with E-state index in [-0.39, 0.29) is 11.0 Å². The molecular formula is C18H28O. The molecule has 0 unspecified atom stereocenters. The Morgan fingerprint density at radius 1 is 1.21 bits per heavy atom. The summed E-state index contributed by atoms with van der Waals surface area (Å²) >= 11 is 0. The van der Waals surface area contributed by atoms with Crippen molar-refractivity contribution in [2.24, 2.45) is 0 Å². The molecule has 1 heteroatoms. The van der Waals surface area contributed by atoms with Gasteiger partial charge in [-0.15, -0.1) is 0 Å². The van der Waals surface area contributed by atoms with Crippen LogP contribution in [0.3, 0.4) is 0 Å². The second-order valence-electron chi connectivity index (χ2n) is 7.23. The molecule has 2 atom stereocenters. The SMILES string of the molecule is CC[C@]1(C)CC[C@@H](Cc2ccc(C(C)(C)C)cc2)O1. The lowest BCUT2D eigenvalue weighted by atomic mass is 9.86. The average molecular weight is 260 g/mol. The molecule has 2 rings (SSSR count). The molecule has 1 heterocycles. The lowest BCUT2D eigenvalue weighted by molar-refractivity contribution is -0.0298. The van der Waals surface area contributed by atoms with Crippen LogP contribution >= 0.6 is 0 Å². The van der Waals surface area contributed by atoms with Gasteiger partial charge in [-0.25, -0.2) is 0 Å². The van der Waals surface area contributed by atoms with Gasteiger partial charge in [0.2, 0.25) is 0 Å². The molecular weight excluding hydrogens is 232 g/mol. The topological polar surface area (TPSA) is 9.23 Å². The molecule has 1 aromatic carbocycles. The van der Waals surface area contributed by atoms with Gasteiger partial charge in [0, 0.05) is 0 Å². The fraction of sp³-hybridized carbons (Fsp3) is 0.667. The van der Waals surface area contributed by atoms with Crippen LogP contribution in [-0.4, -0.2) is 11.7 Å². The minimum atomic E-state index is 0.121. The third kappa shape index (κ3) is 3.60. The Kier molecular flexibility index (Phi) is 4.06. The molecule has 106 valence electrons. The molecule has 19 heavy (non-hydrogen) atoms. The molecule has 0 radical (unpaired) electrons. The van der Waals surface area contributed by atoms with E-state index < -0.39 is 0 Å². The fourth-order valence-electron chi connectivity index (χ4n) is 2.79. The van der Waals surface area contributed by atoms with E-state index in [4.69, 9.17) is 4.74 Å². The minimum absolute atomic E-state index is 0.121. The molecule has 0 N–H and O–H groups in total. The van der Waals surface area contributed by atoms with Crippen molar-refractivity contribution < 1.29 is 4.74 Å². The van der Waals surface area contributed by atoms with Crippen molar-refractivity contribution in [2.45, 2.75) is 77.4 Å². The van der Waals surface area contributed by atoms with Crippen molar-refractivity contribution in [1.82, 2.24) is 0 Å². The third-order valence-corrected chi connectivity index (χ3v) is 4.48. The van der Waals surface area contributed by atoms with Crippen molar-refractivity contribution in [3.05, 3.63) is 35.4 Å². The van der Waals surface area contributed by atoms with Crippen molar-refractivity contribution in [3.63, 3.8) is 0 Å². The highest BCUT2D eigenvalue weighted by Gasteiger charge is 2.34. The number of hydrogen-bond acceptors (Lipinski definition) is 1. The van der Waals surface area contributed by atoms with Gasteiger partial charge in [-0.2, -0.15) is 0 Å². The minimum Gasteiger partial charge on any atom is -0.372 e. The van der Waals surface area contributed by atoms with E-state index in [9.17, 15) is 0 Å². The molecule has 1 aromatic rings. The molecule has 0 aliphatic carbocycles. The maximum absolute atomic E-state index is 6.20. The zero-order valence-electron chi connectivity index (χ0n) is 13.1. The molecule has 1 aliphatic rings. The highest BCUT2D eigenvalue weighted by atomic mass is 16.5. The van der Waals surface area contributed by atoms with Gasteiger partial charge in [0.25, 0.3) is 0 Å². The van der Waals surface area contributed by atoms with Crippen LogP contribution in [0.15, 0.2) is 24.3 Å². The molecule has 0 aromatic heterocycles. The van der Waals surface area contributed by atoms with Gasteiger partial charge in [-0.1, -0.05) is 52.0 Å². The maximum Gasteiger partial charge on any atom is 0.0656 e. The van der Waals surface area contributed by atoms with Crippen LogP contribution in [0.25, 0.3) is 0 Å². The Hall–Kier alpha value is -0.820. The average Bonchev–Trinajstić information content (AvgIpc) is 2.71. The van der Waals surface area contributed by atoms with Gasteiger partial charge in [-0.3, -0.25) is 0 Å². The van der Waals surface area contributed by atoms with Gasteiger partial charge in [0.05, 0.1) is 11.7 Å². The van der Waals surface area contributed by atoms with E-state index >= 15 is 0 Å². The predicted octanol–water partition coefficient (Wildman–Crippen LogP) is 4.87. The normalized spacial score (nSPS) is 27.7. The van der Waals surface area contributed by atoms with Gasteiger partial charge in [0.1, 0.15) is 0 Å². The Morgan fingerprint density at radius 3 is 2.32 bits per heavy atom. The molecule has 0 bridgehead atoms. The zero-order valence-corrected chi connectivity index (χ0v) is 13.1. The van der Waals surface area contributed by atoms with Crippen LogP contribution in [0.1, 0.15) is 65.0 Å². The maximum atomic E-state index is 6.20. The Bertz CT molecular complexity index is 412. The largest absolute Gasteiger partial charge is 0.372 e. The number of benzene rings is 1. The van der Waals surface area contributed by atoms with Crippen LogP contribution < -0.4 is 0 Å². The van der Waals surface area contributed by atoms with Gasteiger partial charge in [-0.05, 0) is 49.1 Å². The first kappa shape index (κ1) is 14.6. The summed E-state index contributed by atoms with van der Waals surface area (Å²) in [4.78, 5) is 0. The van der Waals surface area contributed by atoms with E-state index in [1.165, 1.54) is 24.0 Å². The van der Waals surface area contributed by atoms with E-state index in [1.54, 1.807) is 0 Å². The fourth-order valence-corrected chi connectivity index (χ4v) is 2.79. The Labute approximate surface area is 118 Å². The summed E-state index contributed by atoms with van der Waals surface area (Å²) in [7, 11) is 0. The Morgan fingerprint density at radius 2 is 1.84 bits per heavy atom. The van der Waals surface area contributed by atoms with E-state index in [1.807, 2.05) is 0 Å². The van der Waals surface area contributed by atoms with Crippen LogP contribution in [0.5, 0.6) is 0 Å². The highest BCUT2D eigenvalue weighted by molar-refractivity contribution is 5.28. The van der Waals surface area contributed by atoms with Crippen LogP contribution in [0, 0.1) is 0 Å². The monoisotopic (exact) mass is 260 g/mol. The molecule has 0 spiro atoms.